The maximum atomic E-state index is 4.63. The van der Waals surface area contributed by atoms with Crippen molar-refractivity contribution >= 4 is 21.3 Å². The Balaban J connectivity index is 2.53. The SMILES string of the molecule is CCCCCc1nnc([As])c(CCCCC)n1. The molecule has 0 aliphatic carbocycles. The van der Waals surface area contributed by atoms with Gasteiger partial charge in [0.25, 0.3) is 0 Å². The van der Waals surface area contributed by atoms with Crippen molar-refractivity contribution in [3.05, 3.63) is 11.5 Å². The summed E-state index contributed by atoms with van der Waals surface area (Å²) in [6, 6.07) is 0. The molecule has 94 valence electrons. The number of hydrogen-bond donors (Lipinski definition) is 0. The second-order valence-electron chi connectivity index (χ2n) is 4.41. The molecule has 0 aliphatic heterocycles. The second-order valence-corrected chi connectivity index (χ2v) is 5.30. The molecule has 0 spiro atoms. The third-order valence-electron chi connectivity index (χ3n) is 2.80. The van der Waals surface area contributed by atoms with Crippen LogP contribution in [0.3, 0.4) is 0 Å². The third kappa shape index (κ3) is 5.63. The third-order valence-corrected chi connectivity index (χ3v) is 3.53. The first-order valence-corrected chi connectivity index (χ1v) is 7.63. The first-order valence-electron chi connectivity index (χ1n) is 6.69. The van der Waals surface area contributed by atoms with E-state index >= 15 is 0 Å². The van der Waals surface area contributed by atoms with Gasteiger partial charge in [0.05, 0.1) is 0 Å². The van der Waals surface area contributed by atoms with E-state index in [0.717, 1.165) is 28.8 Å². The van der Waals surface area contributed by atoms with Crippen LogP contribution < -0.4 is 4.48 Å². The van der Waals surface area contributed by atoms with Crippen LogP contribution in [-0.4, -0.2) is 32.0 Å². The van der Waals surface area contributed by atoms with Crippen LogP contribution in [0.2, 0.25) is 0 Å². The summed E-state index contributed by atoms with van der Waals surface area (Å²) in [6.45, 7) is 4.43. The van der Waals surface area contributed by atoms with E-state index in [9.17, 15) is 0 Å². The minimum absolute atomic E-state index is 0.916. The van der Waals surface area contributed by atoms with Crippen molar-refractivity contribution in [2.45, 2.75) is 65.2 Å². The van der Waals surface area contributed by atoms with Crippen LogP contribution in [0.25, 0.3) is 0 Å². The van der Waals surface area contributed by atoms with Crippen LogP contribution in [-0.2, 0) is 12.8 Å². The summed E-state index contributed by atoms with van der Waals surface area (Å²) in [7, 11) is 0. The van der Waals surface area contributed by atoms with Gasteiger partial charge in [0.15, 0.2) is 0 Å². The van der Waals surface area contributed by atoms with E-state index < -0.39 is 0 Å². The Morgan fingerprint density at radius 2 is 1.53 bits per heavy atom. The molecule has 17 heavy (non-hydrogen) atoms. The standard InChI is InChI=1S/C13H22AsN3/c1-3-5-7-9-11-13(14)17-16-12(15-11)10-8-6-4-2/h3-10H2,1-2H3. The topological polar surface area (TPSA) is 38.7 Å². The molecule has 0 aromatic carbocycles. The molecule has 0 atom stereocenters. The van der Waals surface area contributed by atoms with Gasteiger partial charge in [-0.1, -0.05) is 0 Å². The summed E-state index contributed by atoms with van der Waals surface area (Å²) in [5.74, 6) is 0.916. The van der Waals surface area contributed by atoms with Gasteiger partial charge in [-0.05, 0) is 0 Å². The van der Waals surface area contributed by atoms with Gasteiger partial charge in [0, 0.05) is 0 Å². The zero-order valence-electron chi connectivity index (χ0n) is 10.9. The van der Waals surface area contributed by atoms with Crippen molar-refractivity contribution in [3.8, 4) is 0 Å². The molecule has 0 saturated carbocycles. The van der Waals surface area contributed by atoms with Gasteiger partial charge in [-0.15, -0.1) is 0 Å². The van der Waals surface area contributed by atoms with Crippen LogP contribution in [0.5, 0.6) is 0 Å². The monoisotopic (exact) mass is 295 g/mol. The summed E-state index contributed by atoms with van der Waals surface area (Å²) in [5, 5.41) is 8.36. The molecule has 0 aliphatic rings. The van der Waals surface area contributed by atoms with Gasteiger partial charge in [-0.25, -0.2) is 0 Å². The Morgan fingerprint density at radius 3 is 2.18 bits per heavy atom. The molecule has 0 N–H and O–H groups in total. The summed E-state index contributed by atoms with van der Waals surface area (Å²) in [6.07, 6.45) is 9.37. The molecule has 0 bridgehead atoms. The number of aryl methyl sites for hydroxylation is 2. The molecule has 0 saturated heterocycles. The number of rotatable bonds is 8. The van der Waals surface area contributed by atoms with Crippen molar-refractivity contribution in [1.82, 2.24) is 15.2 Å². The summed E-state index contributed by atoms with van der Waals surface area (Å²) in [4.78, 5) is 4.63. The van der Waals surface area contributed by atoms with Crippen molar-refractivity contribution in [1.29, 1.82) is 0 Å². The van der Waals surface area contributed by atoms with E-state index in [0.29, 0.717) is 0 Å². The molecule has 0 amide bonds. The van der Waals surface area contributed by atoms with Crippen molar-refractivity contribution < 1.29 is 0 Å². The van der Waals surface area contributed by atoms with Crippen LogP contribution >= 0.6 is 0 Å². The van der Waals surface area contributed by atoms with Crippen LogP contribution in [0.4, 0.5) is 0 Å². The summed E-state index contributed by atoms with van der Waals surface area (Å²) < 4.78 is 0.938. The Bertz CT molecular complexity index is 328. The Labute approximate surface area is 113 Å². The van der Waals surface area contributed by atoms with Crippen LogP contribution in [0, 0.1) is 0 Å². The molecular weight excluding hydrogens is 273 g/mol. The Hall–Kier alpha value is -0.432. The Morgan fingerprint density at radius 1 is 0.882 bits per heavy atom. The molecule has 1 heterocycles. The summed E-state index contributed by atoms with van der Waals surface area (Å²) in [5.41, 5.74) is 1.12. The van der Waals surface area contributed by atoms with Gasteiger partial charge < -0.3 is 0 Å². The van der Waals surface area contributed by atoms with Gasteiger partial charge in [0.1, 0.15) is 0 Å². The van der Waals surface area contributed by atoms with E-state index in [-0.39, 0.29) is 0 Å². The molecule has 1 aromatic heterocycles. The van der Waals surface area contributed by atoms with E-state index in [1.165, 1.54) is 38.5 Å². The Kier molecular flexibility index (Phi) is 7.43. The van der Waals surface area contributed by atoms with Crippen molar-refractivity contribution in [2.75, 3.05) is 0 Å². The predicted octanol–water partition coefficient (Wildman–Crippen LogP) is 2.13. The molecule has 4 heteroatoms. The number of aromatic nitrogens is 3. The molecule has 3 nitrogen and oxygen atoms in total. The van der Waals surface area contributed by atoms with Gasteiger partial charge in [-0.3, -0.25) is 0 Å². The second kappa shape index (κ2) is 8.63. The first kappa shape index (κ1) is 14.6. The fraction of sp³-hybridized carbons (Fsp3) is 0.769. The van der Waals surface area contributed by atoms with E-state index in [1.807, 2.05) is 0 Å². The number of nitrogens with zero attached hydrogens (tertiary/aromatic N) is 3. The van der Waals surface area contributed by atoms with Gasteiger partial charge >= 0.3 is 113 Å². The average Bonchev–Trinajstić information content (AvgIpc) is 2.33. The zero-order chi connectivity index (χ0) is 12.5. The first-order chi connectivity index (χ1) is 8.27. The fourth-order valence-corrected chi connectivity index (χ4v) is 2.17. The molecule has 0 fully saturated rings. The normalized spacial score (nSPS) is 10.8. The molecular formula is C13H22AsN3. The average molecular weight is 295 g/mol. The summed E-state index contributed by atoms with van der Waals surface area (Å²) >= 11 is 2.48. The maximum absolute atomic E-state index is 4.63. The molecule has 1 aromatic rings. The minimum atomic E-state index is 0.916. The van der Waals surface area contributed by atoms with Gasteiger partial charge in [0.2, 0.25) is 0 Å². The van der Waals surface area contributed by atoms with E-state index in [1.54, 1.807) is 0 Å². The van der Waals surface area contributed by atoms with Crippen LogP contribution in [0.1, 0.15) is 63.9 Å². The molecule has 1 rings (SSSR count). The fourth-order valence-electron chi connectivity index (χ4n) is 1.74. The zero-order valence-corrected chi connectivity index (χ0v) is 12.8. The predicted molar refractivity (Wildman–Crippen MR) is 71.7 cm³/mol. The number of unbranched alkanes of at least 4 members (excludes halogenated alkanes) is 4. The van der Waals surface area contributed by atoms with Crippen molar-refractivity contribution in [3.63, 3.8) is 0 Å². The van der Waals surface area contributed by atoms with Crippen molar-refractivity contribution in [2.24, 2.45) is 0 Å². The van der Waals surface area contributed by atoms with E-state index in [2.05, 4.69) is 45.9 Å². The van der Waals surface area contributed by atoms with Crippen LogP contribution in [0.15, 0.2) is 0 Å². The number of hydrogen-bond acceptors (Lipinski definition) is 3. The van der Waals surface area contributed by atoms with E-state index in [4.69, 9.17) is 0 Å². The quantitative estimate of drug-likeness (QED) is 0.545. The van der Waals surface area contributed by atoms with Gasteiger partial charge in [-0.2, -0.15) is 0 Å². The molecule has 2 radical (unpaired) electrons. The molecule has 0 unspecified atom stereocenters.